The molecule has 1 aliphatic rings. The number of unbranched alkanes of at least 4 members (excludes halogenated alkanes) is 1. The fourth-order valence-corrected chi connectivity index (χ4v) is 2.28. The molecule has 1 fully saturated rings. The molecule has 0 spiro atoms. The number of hydrogen-bond acceptors (Lipinski definition) is 1. The van der Waals surface area contributed by atoms with Crippen molar-refractivity contribution in [1.82, 2.24) is 0 Å². The molecule has 0 saturated heterocycles. The summed E-state index contributed by atoms with van der Waals surface area (Å²) >= 11 is 0. The van der Waals surface area contributed by atoms with E-state index in [4.69, 9.17) is 5.41 Å². The highest BCUT2D eigenvalue weighted by Gasteiger charge is 2.22. The van der Waals surface area contributed by atoms with Gasteiger partial charge in [-0.15, -0.1) is 0 Å². The molecule has 0 radical (unpaired) electrons. The molecule has 0 amide bonds. The minimum atomic E-state index is 0.616. The Morgan fingerprint density at radius 1 is 1.33 bits per heavy atom. The molecule has 0 aromatic rings. The second kappa shape index (κ2) is 5.34. The summed E-state index contributed by atoms with van der Waals surface area (Å²) < 4.78 is 0. The largest absolute Gasteiger partial charge is 0.313 e. The quantitative estimate of drug-likeness (QED) is 0.618. The summed E-state index contributed by atoms with van der Waals surface area (Å²) in [5, 5.41) is 7.34. The lowest BCUT2D eigenvalue weighted by Gasteiger charge is -2.28. The standard InChI is InChI=1S/C11H21N/c1-2-3-6-10-7-4-5-8-11(10)9-12/h9-12H,2-8H2,1H3. The van der Waals surface area contributed by atoms with Crippen LogP contribution in [0.2, 0.25) is 0 Å². The average Bonchev–Trinajstić information content (AvgIpc) is 2.15. The van der Waals surface area contributed by atoms with Crippen LogP contribution in [0.25, 0.3) is 0 Å². The predicted molar refractivity (Wildman–Crippen MR) is 53.8 cm³/mol. The van der Waals surface area contributed by atoms with E-state index in [-0.39, 0.29) is 0 Å². The average molecular weight is 167 g/mol. The van der Waals surface area contributed by atoms with Crippen molar-refractivity contribution in [3.63, 3.8) is 0 Å². The minimum absolute atomic E-state index is 0.616. The van der Waals surface area contributed by atoms with E-state index in [1.54, 1.807) is 6.21 Å². The van der Waals surface area contributed by atoms with E-state index in [0.717, 1.165) is 5.92 Å². The Morgan fingerprint density at radius 3 is 2.75 bits per heavy atom. The lowest BCUT2D eigenvalue weighted by molar-refractivity contribution is 0.282. The van der Waals surface area contributed by atoms with E-state index in [9.17, 15) is 0 Å². The van der Waals surface area contributed by atoms with Gasteiger partial charge in [-0.2, -0.15) is 0 Å². The smallest absolute Gasteiger partial charge is 0.00140 e. The van der Waals surface area contributed by atoms with Crippen LogP contribution >= 0.6 is 0 Å². The van der Waals surface area contributed by atoms with Crippen molar-refractivity contribution in [1.29, 1.82) is 5.41 Å². The fraction of sp³-hybridized carbons (Fsp3) is 0.909. The molecule has 1 nitrogen and oxygen atoms in total. The van der Waals surface area contributed by atoms with Gasteiger partial charge in [-0.3, -0.25) is 0 Å². The third-order valence-corrected chi connectivity index (χ3v) is 3.11. The number of rotatable bonds is 4. The third kappa shape index (κ3) is 2.62. The molecule has 1 rings (SSSR count). The van der Waals surface area contributed by atoms with Gasteiger partial charge in [0.1, 0.15) is 0 Å². The third-order valence-electron chi connectivity index (χ3n) is 3.11. The van der Waals surface area contributed by atoms with Crippen LogP contribution in [-0.4, -0.2) is 6.21 Å². The molecule has 0 bridgehead atoms. The van der Waals surface area contributed by atoms with Gasteiger partial charge in [-0.05, 0) is 37.3 Å². The van der Waals surface area contributed by atoms with Gasteiger partial charge < -0.3 is 5.41 Å². The monoisotopic (exact) mass is 167 g/mol. The fourth-order valence-electron chi connectivity index (χ4n) is 2.28. The molecule has 0 heterocycles. The first kappa shape index (κ1) is 9.76. The summed E-state index contributed by atoms with van der Waals surface area (Å²) in [4.78, 5) is 0. The Morgan fingerprint density at radius 2 is 2.08 bits per heavy atom. The molecule has 0 aromatic heterocycles. The zero-order valence-electron chi connectivity index (χ0n) is 8.18. The lowest BCUT2D eigenvalue weighted by Crippen LogP contribution is -2.20. The first-order chi connectivity index (χ1) is 5.88. The van der Waals surface area contributed by atoms with Gasteiger partial charge in [0.15, 0.2) is 0 Å². The zero-order chi connectivity index (χ0) is 8.81. The van der Waals surface area contributed by atoms with Gasteiger partial charge in [0.25, 0.3) is 0 Å². The van der Waals surface area contributed by atoms with Crippen LogP contribution in [0.15, 0.2) is 0 Å². The number of nitrogens with one attached hydrogen (secondary N) is 1. The molecule has 2 unspecified atom stereocenters. The van der Waals surface area contributed by atoms with Crippen molar-refractivity contribution >= 4 is 6.21 Å². The maximum atomic E-state index is 7.34. The molecular formula is C11H21N. The summed E-state index contributed by atoms with van der Waals surface area (Å²) in [6, 6.07) is 0. The molecule has 70 valence electrons. The molecule has 2 atom stereocenters. The normalized spacial score (nSPS) is 30.1. The maximum absolute atomic E-state index is 7.34. The van der Waals surface area contributed by atoms with Crippen molar-refractivity contribution in [2.45, 2.75) is 51.9 Å². The minimum Gasteiger partial charge on any atom is -0.313 e. The SMILES string of the molecule is CCCCC1CCCCC1C=N. The predicted octanol–water partition coefficient (Wildman–Crippen LogP) is 3.63. The zero-order valence-corrected chi connectivity index (χ0v) is 8.18. The van der Waals surface area contributed by atoms with Crippen LogP contribution in [0.1, 0.15) is 51.9 Å². The molecule has 1 heteroatoms. The summed E-state index contributed by atoms with van der Waals surface area (Å²) in [6.07, 6.45) is 11.1. The van der Waals surface area contributed by atoms with Gasteiger partial charge in [0.05, 0.1) is 0 Å². The van der Waals surface area contributed by atoms with Crippen LogP contribution in [0.5, 0.6) is 0 Å². The summed E-state index contributed by atoms with van der Waals surface area (Å²) in [5.74, 6) is 1.46. The van der Waals surface area contributed by atoms with Crippen molar-refractivity contribution in [2.75, 3.05) is 0 Å². The highest BCUT2D eigenvalue weighted by molar-refractivity contribution is 5.57. The highest BCUT2D eigenvalue weighted by atomic mass is 14.4. The van der Waals surface area contributed by atoms with Gasteiger partial charge in [0, 0.05) is 0 Å². The Labute approximate surface area is 76.1 Å². The van der Waals surface area contributed by atoms with Crippen LogP contribution in [0, 0.1) is 17.2 Å². The van der Waals surface area contributed by atoms with Crippen molar-refractivity contribution in [3.05, 3.63) is 0 Å². The molecular weight excluding hydrogens is 146 g/mol. The van der Waals surface area contributed by atoms with E-state index in [2.05, 4.69) is 6.92 Å². The van der Waals surface area contributed by atoms with E-state index >= 15 is 0 Å². The summed E-state index contributed by atoms with van der Waals surface area (Å²) in [7, 11) is 0. The molecule has 0 aliphatic heterocycles. The van der Waals surface area contributed by atoms with Crippen LogP contribution in [0.3, 0.4) is 0 Å². The van der Waals surface area contributed by atoms with E-state index in [1.807, 2.05) is 0 Å². The lowest BCUT2D eigenvalue weighted by atomic mass is 9.77. The summed E-state index contributed by atoms with van der Waals surface area (Å²) in [6.45, 7) is 2.25. The van der Waals surface area contributed by atoms with Crippen LogP contribution in [0.4, 0.5) is 0 Å². The Balaban J connectivity index is 2.31. The maximum Gasteiger partial charge on any atom is -0.00140 e. The van der Waals surface area contributed by atoms with E-state index in [0.29, 0.717) is 5.92 Å². The highest BCUT2D eigenvalue weighted by Crippen LogP contribution is 2.32. The van der Waals surface area contributed by atoms with Gasteiger partial charge >= 0.3 is 0 Å². The van der Waals surface area contributed by atoms with Gasteiger partial charge in [0.2, 0.25) is 0 Å². The molecule has 12 heavy (non-hydrogen) atoms. The van der Waals surface area contributed by atoms with Crippen LogP contribution < -0.4 is 0 Å². The van der Waals surface area contributed by atoms with Crippen molar-refractivity contribution < 1.29 is 0 Å². The Kier molecular flexibility index (Phi) is 4.34. The van der Waals surface area contributed by atoms with Gasteiger partial charge in [-0.25, -0.2) is 0 Å². The number of hydrogen-bond donors (Lipinski definition) is 1. The molecule has 1 saturated carbocycles. The van der Waals surface area contributed by atoms with Crippen molar-refractivity contribution in [2.24, 2.45) is 11.8 Å². The Bertz CT molecular complexity index is 131. The first-order valence-electron chi connectivity index (χ1n) is 5.39. The second-order valence-corrected chi connectivity index (χ2v) is 4.02. The van der Waals surface area contributed by atoms with Crippen LogP contribution in [-0.2, 0) is 0 Å². The first-order valence-corrected chi connectivity index (χ1v) is 5.39. The Hall–Kier alpha value is -0.330. The molecule has 1 N–H and O–H groups in total. The van der Waals surface area contributed by atoms with Gasteiger partial charge in [-0.1, -0.05) is 32.6 Å². The molecule has 1 aliphatic carbocycles. The summed E-state index contributed by atoms with van der Waals surface area (Å²) in [5.41, 5.74) is 0. The van der Waals surface area contributed by atoms with Crippen molar-refractivity contribution in [3.8, 4) is 0 Å². The second-order valence-electron chi connectivity index (χ2n) is 4.02. The van der Waals surface area contributed by atoms with E-state index in [1.165, 1.54) is 44.9 Å². The molecule has 0 aromatic carbocycles. The topological polar surface area (TPSA) is 23.9 Å². The van der Waals surface area contributed by atoms with E-state index < -0.39 is 0 Å².